The quantitative estimate of drug-likeness (QED) is 0.776. The molecular formula is C12H15BrN2. The summed E-state index contributed by atoms with van der Waals surface area (Å²) in [6.07, 6.45) is 0. The van der Waals surface area contributed by atoms with Gasteiger partial charge in [0.15, 0.2) is 0 Å². The minimum absolute atomic E-state index is 0.660. The molecule has 2 heterocycles. The molecule has 0 saturated carbocycles. The van der Waals surface area contributed by atoms with Crippen molar-refractivity contribution in [3.63, 3.8) is 0 Å². The van der Waals surface area contributed by atoms with Crippen LogP contribution in [0.2, 0.25) is 0 Å². The highest BCUT2D eigenvalue weighted by molar-refractivity contribution is 9.10. The Morgan fingerprint density at radius 1 is 1.47 bits per heavy atom. The van der Waals surface area contributed by atoms with Gasteiger partial charge in [0, 0.05) is 42.3 Å². The summed E-state index contributed by atoms with van der Waals surface area (Å²) in [5, 5.41) is 3.47. The van der Waals surface area contributed by atoms with E-state index in [1.165, 1.54) is 27.8 Å². The highest BCUT2D eigenvalue weighted by Gasteiger charge is 2.30. The summed E-state index contributed by atoms with van der Waals surface area (Å²) in [6, 6.07) is 4.44. The maximum Gasteiger partial charge on any atom is 0.0459 e. The van der Waals surface area contributed by atoms with Crippen molar-refractivity contribution in [1.29, 1.82) is 0 Å². The number of anilines is 1. The van der Waals surface area contributed by atoms with E-state index in [1.807, 2.05) is 0 Å². The zero-order chi connectivity index (χ0) is 10.4. The number of nitrogens with one attached hydrogen (secondary N) is 1. The van der Waals surface area contributed by atoms with Crippen molar-refractivity contribution in [3.05, 3.63) is 27.7 Å². The summed E-state index contributed by atoms with van der Waals surface area (Å²) in [5.41, 5.74) is 4.45. The first-order valence-corrected chi connectivity index (χ1v) is 6.33. The third-order valence-corrected chi connectivity index (χ3v) is 4.12. The molecule has 0 aliphatic carbocycles. The molecule has 15 heavy (non-hydrogen) atoms. The molecule has 0 spiro atoms. The van der Waals surface area contributed by atoms with Gasteiger partial charge in [-0.05, 0) is 17.2 Å². The van der Waals surface area contributed by atoms with Crippen LogP contribution in [0.5, 0.6) is 0 Å². The van der Waals surface area contributed by atoms with E-state index in [0.29, 0.717) is 5.92 Å². The largest absolute Gasteiger partial charge is 0.369 e. The smallest absolute Gasteiger partial charge is 0.0459 e. The van der Waals surface area contributed by atoms with Crippen LogP contribution in [0.4, 0.5) is 5.69 Å². The molecule has 2 aliphatic heterocycles. The van der Waals surface area contributed by atoms with Gasteiger partial charge in [0.1, 0.15) is 0 Å². The topological polar surface area (TPSA) is 15.3 Å². The summed E-state index contributed by atoms with van der Waals surface area (Å²) in [6.45, 7) is 6.74. The minimum atomic E-state index is 0.660. The minimum Gasteiger partial charge on any atom is -0.369 e. The fourth-order valence-corrected chi connectivity index (χ4v) is 3.48. The first kappa shape index (κ1) is 9.67. The summed E-state index contributed by atoms with van der Waals surface area (Å²) in [5.74, 6) is 0.660. The maximum absolute atomic E-state index is 3.68. The van der Waals surface area contributed by atoms with E-state index in [4.69, 9.17) is 0 Å². The third-order valence-electron chi connectivity index (χ3n) is 3.42. The molecule has 0 amide bonds. The van der Waals surface area contributed by atoms with E-state index >= 15 is 0 Å². The lowest BCUT2D eigenvalue weighted by Crippen LogP contribution is -2.27. The molecule has 0 bridgehead atoms. The van der Waals surface area contributed by atoms with Gasteiger partial charge in [0.05, 0.1) is 0 Å². The van der Waals surface area contributed by atoms with Gasteiger partial charge in [-0.3, -0.25) is 0 Å². The summed E-state index contributed by atoms with van der Waals surface area (Å²) < 4.78 is 1.28. The lowest BCUT2D eigenvalue weighted by Gasteiger charge is -2.18. The summed E-state index contributed by atoms with van der Waals surface area (Å²) in [7, 11) is 0. The number of hydrogen-bond acceptors (Lipinski definition) is 2. The normalized spacial score (nSPS) is 23.9. The van der Waals surface area contributed by atoms with Crippen molar-refractivity contribution in [3.8, 4) is 0 Å². The Balaban J connectivity index is 2.22. The predicted octanol–water partition coefficient (Wildman–Crippen LogP) is 2.48. The van der Waals surface area contributed by atoms with Crippen molar-refractivity contribution >= 4 is 21.6 Å². The van der Waals surface area contributed by atoms with Crippen molar-refractivity contribution in [2.45, 2.75) is 19.4 Å². The molecule has 2 nitrogen and oxygen atoms in total. The van der Waals surface area contributed by atoms with E-state index in [-0.39, 0.29) is 0 Å². The zero-order valence-corrected chi connectivity index (χ0v) is 10.5. The summed E-state index contributed by atoms with van der Waals surface area (Å²) in [4.78, 5) is 2.53. The second-order valence-electron chi connectivity index (χ2n) is 4.49. The van der Waals surface area contributed by atoms with Gasteiger partial charge in [-0.2, -0.15) is 0 Å². The fraction of sp³-hybridized carbons (Fsp3) is 0.500. The van der Waals surface area contributed by atoms with E-state index in [9.17, 15) is 0 Å². The van der Waals surface area contributed by atoms with Crippen LogP contribution < -0.4 is 10.2 Å². The Kier molecular flexibility index (Phi) is 2.25. The first-order chi connectivity index (χ1) is 7.27. The SMILES string of the molecule is CC1CN2CCNCc3ccc(Br)c1c32. The second kappa shape index (κ2) is 3.49. The predicted molar refractivity (Wildman–Crippen MR) is 66.5 cm³/mol. The molecule has 0 radical (unpaired) electrons. The number of hydrogen-bond donors (Lipinski definition) is 1. The van der Waals surface area contributed by atoms with E-state index < -0.39 is 0 Å². The van der Waals surface area contributed by atoms with Gasteiger partial charge in [-0.1, -0.05) is 28.9 Å². The van der Waals surface area contributed by atoms with Gasteiger partial charge in [0.2, 0.25) is 0 Å². The van der Waals surface area contributed by atoms with Crippen LogP contribution in [0, 0.1) is 0 Å². The average molecular weight is 267 g/mol. The molecule has 1 aromatic rings. The van der Waals surface area contributed by atoms with Crippen LogP contribution >= 0.6 is 15.9 Å². The van der Waals surface area contributed by atoms with Crippen LogP contribution in [0.15, 0.2) is 16.6 Å². The monoisotopic (exact) mass is 266 g/mol. The number of rotatable bonds is 0. The molecule has 3 rings (SSSR count). The standard InChI is InChI=1S/C12H15BrN2/c1-8-7-15-5-4-14-6-9-2-3-10(13)11(8)12(9)15/h2-3,8,14H,4-7H2,1H3. The summed E-state index contributed by atoms with van der Waals surface area (Å²) >= 11 is 3.68. The Hall–Kier alpha value is -0.540. The van der Waals surface area contributed by atoms with Crippen LogP contribution in [0.25, 0.3) is 0 Å². The Morgan fingerprint density at radius 3 is 3.20 bits per heavy atom. The molecular weight excluding hydrogens is 252 g/mol. The Morgan fingerprint density at radius 2 is 2.33 bits per heavy atom. The highest BCUT2D eigenvalue weighted by Crippen LogP contribution is 2.43. The number of halogens is 1. The Bertz CT molecular complexity index is 403. The number of benzene rings is 1. The van der Waals surface area contributed by atoms with Crippen molar-refractivity contribution in [1.82, 2.24) is 5.32 Å². The van der Waals surface area contributed by atoms with Gasteiger partial charge >= 0.3 is 0 Å². The molecule has 0 saturated heterocycles. The van der Waals surface area contributed by atoms with Crippen LogP contribution in [-0.4, -0.2) is 19.6 Å². The van der Waals surface area contributed by atoms with Gasteiger partial charge in [0.25, 0.3) is 0 Å². The van der Waals surface area contributed by atoms with Gasteiger partial charge in [-0.15, -0.1) is 0 Å². The molecule has 3 heteroatoms. The Labute approximate surface area is 98.8 Å². The molecule has 0 aromatic heterocycles. The number of nitrogens with zero attached hydrogens (tertiary/aromatic N) is 1. The van der Waals surface area contributed by atoms with E-state index in [0.717, 1.165) is 19.6 Å². The molecule has 1 aromatic carbocycles. The second-order valence-corrected chi connectivity index (χ2v) is 5.35. The third kappa shape index (κ3) is 1.41. The van der Waals surface area contributed by atoms with E-state index in [1.54, 1.807) is 0 Å². The molecule has 1 unspecified atom stereocenters. The van der Waals surface area contributed by atoms with Crippen LogP contribution in [0.3, 0.4) is 0 Å². The highest BCUT2D eigenvalue weighted by atomic mass is 79.9. The zero-order valence-electron chi connectivity index (χ0n) is 8.89. The molecule has 1 atom stereocenters. The lowest BCUT2D eigenvalue weighted by atomic mass is 10.0. The molecule has 1 N–H and O–H groups in total. The van der Waals surface area contributed by atoms with Crippen molar-refractivity contribution in [2.24, 2.45) is 0 Å². The molecule has 80 valence electrons. The van der Waals surface area contributed by atoms with Crippen LogP contribution in [-0.2, 0) is 6.54 Å². The average Bonchev–Trinajstić information content (AvgIpc) is 2.43. The lowest BCUT2D eigenvalue weighted by molar-refractivity contribution is 0.673. The van der Waals surface area contributed by atoms with E-state index in [2.05, 4.69) is 45.2 Å². The first-order valence-electron chi connectivity index (χ1n) is 5.54. The molecule has 2 aliphatic rings. The van der Waals surface area contributed by atoms with Gasteiger partial charge < -0.3 is 10.2 Å². The van der Waals surface area contributed by atoms with Crippen molar-refractivity contribution < 1.29 is 0 Å². The van der Waals surface area contributed by atoms with Gasteiger partial charge in [-0.25, -0.2) is 0 Å². The fourth-order valence-electron chi connectivity index (χ4n) is 2.77. The molecule has 0 fully saturated rings. The van der Waals surface area contributed by atoms with Crippen LogP contribution in [0.1, 0.15) is 24.0 Å². The maximum atomic E-state index is 3.68. The van der Waals surface area contributed by atoms with Crippen molar-refractivity contribution in [2.75, 3.05) is 24.5 Å².